The highest BCUT2D eigenvalue weighted by Crippen LogP contribution is 2.18. The van der Waals surface area contributed by atoms with Gasteiger partial charge in [0.2, 0.25) is 5.91 Å². The molecule has 0 bridgehead atoms. The summed E-state index contributed by atoms with van der Waals surface area (Å²) in [5, 5.41) is 6.45. The molecule has 0 spiro atoms. The van der Waals surface area contributed by atoms with Crippen molar-refractivity contribution >= 4 is 17.7 Å². The molecular formula is C16H25N3OS. The van der Waals surface area contributed by atoms with Gasteiger partial charge in [-0.05, 0) is 50.4 Å². The van der Waals surface area contributed by atoms with E-state index in [9.17, 15) is 4.79 Å². The smallest absolute Gasteiger partial charge is 0.234 e. The molecule has 1 aliphatic heterocycles. The van der Waals surface area contributed by atoms with E-state index < -0.39 is 0 Å². The van der Waals surface area contributed by atoms with Crippen molar-refractivity contribution in [2.45, 2.75) is 24.3 Å². The fourth-order valence-corrected chi connectivity index (χ4v) is 2.93. The number of hydrogen-bond donors (Lipinski definition) is 2. The van der Waals surface area contributed by atoms with Crippen LogP contribution in [0.4, 0.5) is 0 Å². The van der Waals surface area contributed by atoms with Crippen molar-refractivity contribution in [1.29, 1.82) is 0 Å². The Morgan fingerprint density at radius 2 is 2.10 bits per heavy atom. The van der Waals surface area contributed by atoms with Crippen molar-refractivity contribution in [3.05, 3.63) is 29.8 Å². The molecule has 4 nitrogen and oxygen atoms in total. The molecule has 116 valence electrons. The van der Waals surface area contributed by atoms with E-state index in [0.717, 1.165) is 38.2 Å². The van der Waals surface area contributed by atoms with E-state index in [0.29, 0.717) is 6.54 Å². The largest absolute Gasteiger partial charge is 0.348 e. The first kappa shape index (κ1) is 16.3. The number of hydrogen-bond acceptors (Lipinski definition) is 4. The van der Waals surface area contributed by atoms with Gasteiger partial charge in [-0.15, -0.1) is 11.8 Å². The summed E-state index contributed by atoms with van der Waals surface area (Å²) in [7, 11) is 0. The van der Waals surface area contributed by atoms with Gasteiger partial charge >= 0.3 is 0 Å². The van der Waals surface area contributed by atoms with Crippen LogP contribution in [0.25, 0.3) is 0 Å². The van der Waals surface area contributed by atoms with Crippen LogP contribution >= 0.6 is 11.8 Å². The van der Waals surface area contributed by atoms with E-state index >= 15 is 0 Å². The summed E-state index contributed by atoms with van der Waals surface area (Å²) >= 11 is 1.73. The second-order valence-electron chi connectivity index (χ2n) is 5.44. The third kappa shape index (κ3) is 5.34. The molecule has 1 fully saturated rings. The third-order valence-electron chi connectivity index (χ3n) is 3.79. The molecule has 1 heterocycles. The zero-order chi connectivity index (χ0) is 15.1. The second-order valence-corrected chi connectivity index (χ2v) is 6.32. The normalized spacial score (nSPS) is 18.0. The van der Waals surface area contributed by atoms with Crippen LogP contribution in [0.3, 0.4) is 0 Å². The molecule has 1 aliphatic rings. The lowest BCUT2D eigenvalue weighted by atomic mass is 10.1. The van der Waals surface area contributed by atoms with Crippen molar-refractivity contribution in [3.8, 4) is 0 Å². The molecule has 21 heavy (non-hydrogen) atoms. The molecule has 1 aromatic rings. The van der Waals surface area contributed by atoms with Crippen molar-refractivity contribution < 1.29 is 4.79 Å². The van der Waals surface area contributed by atoms with Crippen molar-refractivity contribution in [3.63, 3.8) is 0 Å². The molecule has 0 radical (unpaired) electrons. The molecule has 2 N–H and O–H groups in total. The lowest BCUT2D eigenvalue weighted by Crippen LogP contribution is -2.39. The Morgan fingerprint density at radius 1 is 1.33 bits per heavy atom. The summed E-state index contributed by atoms with van der Waals surface area (Å²) in [4.78, 5) is 15.6. The Labute approximate surface area is 131 Å². The predicted molar refractivity (Wildman–Crippen MR) is 88.7 cm³/mol. The van der Waals surface area contributed by atoms with Gasteiger partial charge in [0, 0.05) is 18.0 Å². The van der Waals surface area contributed by atoms with E-state index in [2.05, 4.69) is 46.1 Å². The highest BCUT2D eigenvalue weighted by molar-refractivity contribution is 7.98. The summed E-state index contributed by atoms with van der Waals surface area (Å²) in [6.07, 6.45) is 3.18. The third-order valence-corrected chi connectivity index (χ3v) is 4.54. The molecule has 5 heteroatoms. The topological polar surface area (TPSA) is 44.4 Å². The van der Waals surface area contributed by atoms with Crippen molar-refractivity contribution in [2.75, 3.05) is 39.0 Å². The summed E-state index contributed by atoms with van der Waals surface area (Å²) in [5.74, 6) is 0.110. The summed E-state index contributed by atoms with van der Waals surface area (Å²) in [6.45, 7) is 6.50. The van der Waals surface area contributed by atoms with E-state index in [1.165, 1.54) is 4.90 Å². The van der Waals surface area contributed by atoms with Gasteiger partial charge in [0.25, 0.3) is 0 Å². The molecule has 2 rings (SSSR count). The van der Waals surface area contributed by atoms with Gasteiger partial charge in [0.1, 0.15) is 0 Å². The molecule has 0 aromatic heterocycles. The van der Waals surface area contributed by atoms with Crippen LogP contribution in [0.1, 0.15) is 24.9 Å². The van der Waals surface area contributed by atoms with Gasteiger partial charge in [-0.25, -0.2) is 0 Å². The number of rotatable bonds is 5. The Bertz CT molecular complexity index is 441. The lowest BCUT2D eigenvalue weighted by Gasteiger charge is -2.21. The lowest BCUT2D eigenvalue weighted by molar-refractivity contribution is -0.122. The molecule has 1 atom stereocenters. The second kappa shape index (κ2) is 8.41. The molecule has 1 amide bonds. The molecule has 1 aromatic carbocycles. The standard InChI is InChI=1S/C16H25N3OS/c1-13(14-4-6-15(21-2)7-5-14)18-16(20)12-19-10-3-8-17-9-11-19/h4-7,13,17H,3,8-12H2,1-2H3,(H,18,20). The van der Waals surface area contributed by atoms with Crippen LogP contribution in [0.15, 0.2) is 29.2 Å². The first-order valence-corrected chi connectivity index (χ1v) is 8.78. The highest BCUT2D eigenvalue weighted by atomic mass is 32.2. The average molecular weight is 307 g/mol. The SMILES string of the molecule is CSc1ccc(C(C)NC(=O)CN2CCCNCC2)cc1. The number of carbonyl (C=O) groups excluding carboxylic acids is 1. The fraction of sp³-hybridized carbons (Fsp3) is 0.562. The summed E-state index contributed by atoms with van der Waals surface area (Å²) in [6, 6.07) is 8.43. The molecule has 1 unspecified atom stereocenters. The van der Waals surface area contributed by atoms with E-state index in [-0.39, 0.29) is 11.9 Å². The van der Waals surface area contributed by atoms with E-state index in [1.807, 2.05) is 6.92 Å². The summed E-state index contributed by atoms with van der Waals surface area (Å²) in [5.41, 5.74) is 1.15. The maximum Gasteiger partial charge on any atom is 0.234 e. The number of nitrogens with one attached hydrogen (secondary N) is 2. The Kier molecular flexibility index (Phi) is 6.54. The molecule has 1 saturated heterocycles. The first-order chi connectivity index (χ1) is 10.2. The number of amides is 1. The minimum Gasteiger partial charge on any atom is -0.348 e. The van der Waals surface area contributed by atoms with Gasteiger partial charge in [-0.3, -0.25) is 9.69 Å². The molecule has 0 saturated carbocycles. The summed E-state index contributed by atoms with van der Waals surface area (Å²) < 4.78 is 0. The van der Waals surface area contributed by atoms with Crippen LogP contribution in [0.5, 0.6) is 0 Å². The number of thioether (sulfide) groups is 1. The number of nitrogens with zero attached hydrogens (tertiary/aromatic N) is 1. The zero-order valence-corrected chi connectivity index (χ0v) is 13.7. The molecular weight excluding hydrogens is 282 g/mol. The Morgan fingerprint density at radius 3 is 2.81 bits per heavy atom. The van der Waals surface area contributed by atoms with Crippen LogP contribution in [-0.2, 0) is 4.79 Å². The number of benzene rings is 1. The van der Waals surface area contributed by atoms with Crippen molar-refractivity contribution in [2.24, 2.45) is 0 Å². The monoisotopic (exact) mass is 307 g/mol. The van der Waals surface area contributed by atoms with Gasteiger partial charge < -0.3 is 10.6 Å². The van der Waals surface area contributed by atoms with Crippen LogP contribution in [0.2, 0.25) is 0 Å². The van der Waals surface area contributed by atoms with Crippen LogP contribution in [-0.4, -0.2) is 49.8 Å². The molecule has 0 aliphatic carbocycles. The fourth-order valence-electron chi connectivity index (χ4n) is 2.53. The van der Waals surface area contributed by atoms with Crippen LogP contribution < -0.4 is 10.6 Å². The quantitative estimate of drug-likeness (QED) is 0.815. The maximum absolute atomic E-state index is 12.2. The Hall–Kier alpha value is -1.04. The van der Waals surface area contributed by atoms with Gasteiger partial charge in [-0.2, -0.15) is 0 Å². The van der Waals surface area contributed by atoms with Crippen LogP contribution in [0, 0.1) is 0 Å². The van der Waals surface area contributed by atoms with Crippen molar-refractivity contribution in [1.82, 2.24) is 15.5 Å². The van der Waals surface area contributed by atoms with E-state index in [1.54, 1.807) is 11.8 Å². The minimum absolute atomic E-state index is 0.0542. The number of carbonyl (C=O) groups is 1. The van der Waals surface area contributed by atoms with E-state index in [4.69, 9.17) is 0 Å². The minimum atomic E-state index is 0.0542. The van der Waals surface area contributed by atoms with Gasteiger partial charge in [0.05, 0.1) is 12.6 Å². The predicted octanol–water partition coefficient (Wildman–Crippen LogP) is 1.88. The maximum atomic E-state index is 12.2. The first-order valence-electron chi connectivity index (χ1n) is 7.55. The van der Waals surface area contributed by atoms with Gasteiger partial charge in [0.15, 0.2) is 0 Å². The zero-order valence-electron chi connectivity index (χ0n) is 12.9. The average Bonchev–Trinajstić information content (AvgIpc) is 2.75. The Balaban J connectivity index is 1.82. The highest BCUT2D eigenvalue weighted by Gasteiger charge is 2.15. The van der Waals surface area contributed by atoms with Gasteiger partial charge in [-0.1, -0.05) is 12.1 Å².